The molecule has 0 saturated heterocycles. The van der Waals surface area contributed by atoms with Crippen LogP contribution in [-0.4, -0.2) is 36.2 Å². The van der Waals surface area contributed by atoms with Crippen molar-refractivity contribution in [3.8, 4) is 5.75 Å². The van der Waals surface area contributed by atoms with Crippen molar-refractivity contribution in [3.63, 3.8) is 0 Å². The minimum Gasteiger partial charge on any atom is -0.493 e. The molecule has 106 valence electrons. The summed E-state index contributed by atoms with van der Waals surface area (Å²) in [5.41, 5.74) is 0.901. The Morgan fingerprint density at radius 3 is 2.68 bits per heavy atom. The monoisotopic (exact) mass is 263 g/mol. The summed E-state index contributed by atoms with van der Waals surface area (Å²) in [6.45, 7) is 7.55. The first-order valence-corrected chi connectivity index (χ1v) is 7.36. The van der Waals surface area contributed by atoms with Gasteiger partial charge >= 0.3 is 0 Å². The molecule has 1 aliphatic rings. The second-order valence-electron chi connectivity index (χ2n) is 5.28. The molecule has 1 aliphatic carbocycles. The Hall–Kier alpha value is -1.06. The van der Waals surface area contributed by atoms with Crippen LogP contribution < -0.4 is 4.74 Å². The zero-order valence-electron chi connectivity index (χ0n) is 12.0. The van der Waals surface area contributed by atoms with Crippen LogP contribution >= 0.6 is 0 Å². The van der Waals surface area contributed by atoms with Gasteiger partial charge < -0.3 is 14.7 Å². The first kappa shape index (κ1) is 14.4. The molecular weight excluding hydrogens is 238 g/mol. The van der Waals surface area contributed by atoms with Crippen molar-refractivity contribution >= 4 is 0 Å². The number of nitrogens with zero attached hydrogens (tertiary/aromatic N) is 1. The molecule has 0 aliphatic heterocycles. The molecule has 3 heteroatoms. The summed E-state index contributed by atoms with van der Waals surface area (Å²) in [6, 6.07) is 7.79. The summed E-state index contributed by atoms with van der Waals surface area (Å²) in [6.07, 6.45) is 2.23. The first-order valence-electron chi connectivity index (χ1n) is 7.36. The molecule has 0 radical (unpaired) electrons. The summed E-state index contributed by atoms with van der Waals surface area (Å²) in [5.74, 6) is 1.66. The fourth-order valence-electron chi connectivity index (χ4n) is 2.38. The molecule has 3 nitrogen and oxygen atoms in total. The van der Waals surface area contributed by atoms with Crippen LogP contribution in [0.4, 0.5) is 0 Å². The smallest absolute Gasteiger partial charge is 0.125 e. The molecule has 0 heterocycles. The molecule has 1 aromatic carbocycles. The van der Waals surface area contributed by atoms with Crippen molar-refractivity contribution < 1.29 is 9.84 Å². The molecule has 1 aromatic rings. The van der Waals surface area contributed by atoms with Crippen LogP contribution in [0, 0.1) is 5.92 Å². The molecule has 1 fully saturated rings. The van der Waals surface area contributed by atoms with Gasteiger partial charge in [0, 0.05) is 18.7 Å². The van der Waals surface area contributed by atoms with E-state index in [0.29, 0.717) is 13.2 Å². The standard InChI is InChI=1S/C16H25NO2/c1-3-17(11-13-9-10-13)12-15(18)14-7-5-6-8-16(14)19-4-2/h5-8,13,15,18H,3-4,9-12H2,1-2H3. The normalized spacial score (nSPS) is 16.6. The molecule has 0 spiro atoms. The zero-order valence-corrected chi connectivity index (χ0v) is 12.0. The molecule has 1 atom stereocenters. The number of likely N-dealkylation sites (N-methyl/N-ethyl adjacent to an activating group) is 1. The number of para-hydroxylation sites is 1. The van der Waals surface area contributed by atoms with E-state index in [4.69, 9.17) is 4.74 Å². The van der Waals surface area contributed by atoms with Crippen LogP contribution in [0.3, 0.4) is 0 Å². The Balaban J connectivity index is 1.98. The third kappa shape index (κ3) is 4.22. The van der Waals surface area contributed by atoms with Crippen LogP contribution in [0.5, 0.6) is 5.75 Å². The second-order valence-corrected chi connectivity index (χ2v) is 5.28. The molecule has 1 saturated carbocycles. The summed E-state index contributed by atoms with van der Waals surface area (Å²) >= 11 is 0. The number of benzene rings is 1. The van der Waals surface area contributed by atoms with E-state index in [1.165, 1.54) is 12.8 Å². The average Bonchev–Trinajstić information content (AvgIpc) is 3.23. The predicted molar refractivity (Wildman–Crippen MR) is 77.4 cm³/mol. The van der Waals surface area contributed by atoms with E-state index in [0.717, 1.165) is 30.3 Å². The third-order valence-electron chi connectivity index (χ3n) is 3.67. The highest BCUT2D eigenvalue weighted by atomic mass is 16.5. The number of rotatable bonds is 8. The van der Waals surface area contributed by atoms with Crippen LogP contribution in [0.15, 0.2) is 24.3 Å². The lowest BCUT2D eigenvalue weighted by Gasteiger charge is -2.24. The summed E-state index contributed by atoms with van der Waals surface area (Å²) < 4.78 is 5.59. The number of hydrogen-bond acceptors (Lipinski definition) is 3. The fraction of sp³-hybridized carbons (Fsp3) is 0.625. The highest BCUT2D eigenvalue weighted by molar-refractivity contribution is 5.35. The van der Waals surface area contributed by atoms with Crippen molar-refractivity contribution in [1.82, 2.24) is 4.90 Å². The Labute approximate surface area is 116 Å². The summed E-state index contributed by atoms with van der Waals surface area (Å²) in [4.78, 5) is 2.34. The first-order chi connectivity index (χ1) is 9.24. The van der Waals surface area contributed by atoms with Crippen molar-refractivity contribution in [2.24, 2.45) is 5.92 Å². The zero-order chi connectivity index (χ0) is 13.7. The summed E-state index contributed by atoms with van der Waals surface area (Å²) in [7, 11) is 0. The molecule has 2 rings (SSSR count). The maximum Gasteiger partial charge on any atom is 0.125 e. The molecule has 0 amide bonds. The van der Waals surface area contributed by atoms with E-state index in [9.17, 15) is 5.11 Å². The highest BCUT2D eigenvalue weighted by Gasteiger charge is 2.25. The Morgan fingerprint density at radius 1 is 1.32 bits per heavy atom. The van der Waals surface area contributed by atoms with E-state index >= 15 is 0 Å². The van der Waals surface area contributed by atoms with Crippen molar-refractivity contribution in [2.75, 3.05) is 26.2 Å². The van der Waals surface area contributed by atoms with Gasteiger partial charge in [0.05, 0.1) is 12.7 Å². The molecule has 19 heavy (non-hydrogen) atoms. The van der Waals surface area contributed by atoms with E-state index in [2.05, 4.69) is 11.8 Å². The highest BCUT2D eigenvalue weighted by Crippen LogP contribution is 2.31. The quantitative estimate of drug-likeness (QED) is 0.783. The van der Waals surface area contributed by atoms with Crippen LogP contribution in [0.1, 0.15) is 38.4 Å². The van der Waals surface area contributed by atoms with Gasteiger partial charge in [0.25, 0.3) is 0 Å². The molecule has 0 aromatic heterocycles. The van der Waals surface area contributed by atoms with E-state index in [1.54, 1.807) is 0 Å². The molecule has 0 bridgehead atoms. The number of aliphatic hydroxyl groups is 1. The van der Waals surface area contributed by atoms with Crippen LogP contribution in [0.25, 0.3) is 0 Å². The van der Waals surface area contributed by atoms with Gasteiger partial charge in [-0.05, 0) is 38.3 Å². The Morgan fingerprint density at radius 2 is 2.05 bits per heavy atom. The van der Waals surface area contributed by atoms with Crippen molar-refractivity contribution in [3.05, 3.63) is 29.8 Å². The van der Waals surface area contributed by atoms with Gasteiger partial charge in [-0.3, -0.25) is 0 Å². The van der Waals surface area contributed by atoms with Crippen LogP contribution in [-0.2, 0) is 0 Å². The maximum absolute atomic E-state index is 10.4. The predicted octanol–water partition coefficient (Wildman–Crippen LogP) is 2.85. The van der Waals surface area contributed by atoms with Crippen LogP contribution in [0.2, 0.25) is 0 Å². The molecular formula is C16H25NO2. The van der Waals surface area contributed by atoms with Gasteiger partial charge in [-0.2, -0.15) is 0 Å². The Bertz CT molecular complexity index is 390. The van der Waals surface area contributed by atoms with E-state index in [-0.39, 0.29) is 0 Å². The van der Waals surface area contributed by atoms with Crippen molar-refractivity contribution in [1.29, 1.82) is 0 Å². The Kier molecular flexibility index (Phi) is 5.23. The van der Waals surface area contributed by atoms with Crippen molar-refractivity contribution in [2.45, 2.75) is 32.8 Å². The lowest BCUT2D eigenvalue weighted by molar-refractivity contribution is 0.110. The van der Waals surface area contributed by atoms with Gasteiger partial charge in [0.2, 0.25) is 0 Å². The molecule has 1 N–H and O–H groups in total. The third-order valence-corrected chi connectivity index (χ3v) is 3.67. The lowest BCUT2D eigenvalue weighted by atomic mass is 10.1. The number of ether oxygens (including phenoxy) is 1. The number of hydrogen-bond donors (Lipinski definition) is 1. The number of aliphatic hydroxyl groups excluding tert-OH is 1. The minimum absolute atomic E-state index is 0.471. The topological polar surface area (TPSA) is 32.7 Å². The fourth-order valence-corrected chi connectivity index (χ4v) is 2.38. The molecule has 1 unspecified atom stereocenters. The van der Waals surface area contributed by atoms with E-state index in [1.807, 2.05) is 31.2 Å². The van der Waals surface area contributed by atoms with Gasteiger partial charge in [0.1, 0.15) is 5.75 Å². The van der Waals surface area contributed by atoms with Gasteiger partial charge in [0.15, 0.2) is 0 Å². The van der Waals surface area contributed by atoms with Gasteiger partial charge in [-0.25, -0.2) is 0 Å². The van der Waals surface area contributed by atoms with Gasteiger partial charge in [-0.1, -0.05) is 25.1 Å². The lowest BCUT2D eigenvalue weighted by Crippen LogP contribution is -2.30. The summed E-state index contributed by atoms with van der Waals surface area (Å²) in [5, 5.41) is 10.4. The largest absolute Gasteiger partial charge is 0.493 e. The second kappa shape index (κ2) is 6.92. The SMILES string of the molecule is CCOc1ccccc1C(O)CN(CC)CC1CC1. The minimum atomic E-state index is -0.471. The average molecular weight is 263 g/mol. The van der Waals surface area contributed by atoms with Gasteiger partial charge in [-0.15, -0.1) is 0 Å². The maximum atomic E-state index is 10.4. The van der Waals surface area contributed by atoms with E-state index < -0.39 is 6.10 Å².